The zero-order valence-electron chi connectivity index (χ0n) is 16.0. The number of rotatable bonds is 5. The number of benzene rings is 1. The van der Waals surface area contributed by atoms with E-state index in [0.29, 0.717) is 0 Å². The minimum absolute atomic E-state index is 0.0535. The Kier molecular flexibility index (Phi) is 5.86. The van der Waals surface area contributed by atoms with Gasteiger partial charge in [0.1, 0.15) is 17.3 Å². The topological polar surface area (TPSA) is 120 Å². The second kappa shape index (κ2) is 7.76. The number of amides is 1. The Morgan fingerprint density at radius 1 is 1.30 bits per heavy atom. The van der Waals surface area contributed by atoms with Crippen LogP contribution in [-0.2, 0) is 4.79 Å². The van der Waals surface area contributed by atoms with Crippen LogP contribution >= 0.6 is 0 Å². The van der Waals surface area contributed by atoms with Gasteiger partial charge in [0.05, 0.1) is 4.92 Å². The van der Waals surface area contributed by atoms with Crippen molar-refractivity contribution in [3.05, 3.63) is 46.2 Å². The van der Waals surface area contributed by atoms with Gasteiger partial charge in [0.15, 0.2) is 0 Å². The number of nitrogens with one attached hydrogen (secondary N) is 3. The summed E-state index contributed by atoms with van der Waals surface area (Å²) in [4.78, 5) is 22.8. The molecule has 27 heavy (non-hydrogen) atoms. The molecule has 1 fully saturated rings. The Labute approximate surface area is 158 Å². The van der Waals surface area contributed by atoms with E-state index in [1.54, 1.807) is 6.07 Å². The number of nitro benzene ring substituents is 1. The summed E-state index contributed by atoms with van der Waals surface area (Å²) >= 11 is 0. The third kappa shape index (κ3) is 5.53. The molecule has 0 atom stereocenters. The van der Waals surface area contributed by atoms with Crippen LogP contribution < -0.4 is 16.0 Å². The summed E-state index contributed by atoms with van der Waals surface area (Å²) in [5.74, 6) is -0.688. The van der Waals surface area contributed by atoms with Crippen molar-refractivity contribution in [1.29, 1.82) is 5.26 Å². The minimum atomic E-state index is -0.688. The van der Waals surface area contributed by atoms with E-state index in [4.69, 9.17) is 0 Å². The van der Waals surface area contributed by atoms with E-state index in [2.05, 4.69) is 43.6 Å². The lowest BCUT2D eigenvalue weighted by Crippen LogP contribution is -2.61. The highest BCUT2D eigenvalue weighted by Crippen LogP contribution is 2.28. The van der Waals surface area contributed by atoms with Gasteiger partial charge in [0.2, 0.25) is 0 Å². The van der Waals surface area contributed by atoms with Crippen LogP contribution in [0.5, 0.6) is 0 Å². The Hall–Kier alpha value is -2.92. The first kappa shape index (κ1) is 20.4. The second-order valence-corrected chi connectivity index (χ2v) is 8.06. The van der Waals surface area contributed by atoms with E-state index in [1.807, 2.05) is 6.07 Å². The van der Waals surface area contributed by atoms with E-state index in [9.17, 15) is 20.2 Å². The average molecular weight is 371 g/mol. The molecule has 8 heteroatoms. The van der Waals surface area contributed by atoms with Gasteiger partial charge in [-0.25, -0.2) is 0 Å². The van der Waals surface area contributed by atoms with Crippen LogP contribution in [0.15, 0.2) is 36.0 Å². The van der Waals surface area contributed by atoms with Crippen LogP contribution in [0, 0.1) is 21.4 Å². The summed E-state index contributed by atoms with van der Waals surface area (Å²) in [6, 6.07) is 7.76. The number of nitrogens with zero attached hydrogens (tertiary/aromatic N) is 2. The maximum Gasteiger partial charge on any atom is 0.292 e. The van der Waals surface area contributed by atoms with Gasteiger partial charge in [-0.1, -0.05) is 12.1 Å². The molecule has 0 aliphatic carbocycles. The molecule has 0 unspecified atom stereocenters. The van der Waals surface area contributed by atoms with E-state index in [-0.39, 0.29) is 34.1 Å². The van der Waals surface area contributed by atoms with Gasteiger partial charge in [-0.05, 0) is 46.6 Å². The van der Waals surface area contributed by atoms with Crippen molar-refractivity contribution in [2.75, 3.05) is 5.32 Å². The molecule has 0 saturated carbocycles. The molecule has 8 nitrogen and oxygen atoms in total. The molecule has 1 amide bonds. The van der Waals surface area contributed by atoms with Crippen molar-refractivity contribution in [3.63, 3.8) is 0 Å². The maximum atomic E-state index is 12.4. The van der Waals surface area contributed by atoms with Gasteiger partial charge in [-0.3, -0.25) is 14.9 Å². The zero-order valence-corrected chi connectivity index (χ0v) is 16.0. The number of hydrogen-bond donors (Lipinski definition) is 3. The number of carbonyl (C=O) groups excluding carboxylic acids is 1. The molecule has 144 valence electrons. The fraction of sp³-hybridized carbons (Fsp3) is 0.474. The standard InChI is InChI=1S/C19H25N5O3/c1-18(2)9-14(10-19(3,4)23-18)21-12-13(11-20)17(25)22-15-7-5-6-8-16(15)24(26)27/h5-8,12,14,21,23H,9-10H2,1-4H3,(H,22,25)/b13-12-. The molecular weight excluding hydrogens is 346 g/mol. The van der Waals surface area contributed by atoms with Gasteiger partial charge in [-0.15, -0.1) is 0 Å². The summed E-state index contributed by atoms with van der Waals surface area (Å²) in [5, 5.41) is 29.6. The van der Waals surface area contributed by atoms with Gasteiger partial charge in [0, 0.05) is 29.4 Å². The lowest BCUT2D eigenvalue weighted by atomic mass is 9.80. The Morgan fingerprint density at radius 2 is 1.89 bits per heavy atom. The first-order chi connectivity index (χ1) is 12.5. The van der Waals surface area contributed by atoms with E-state index in [1.165, 1.54) is 24.4 Å². The number of carbonyl (C=O) groups is 1. The Balaban J connectivity index is 2.11. The summed E-state index contributed by atoms with van der Waals surface area (Å²) < 4.78 is 0. The molecule has 2 rings (SSSR count). The van der Waals surface area contributed by atoms with Crippen LogP contribution in [0.2, 0.25) is 0 Å². The number of hydrogen-bond acceptors (Lipinski definition) is 6. The van der Waals surface area contributed by atoms with E-state index < -0.39 is 10.8 Å². The summed E-state index contributed by atoms with van der Waals surface area (Å²) in [6.07, 6.45) is 3.06. The third-order valence-corrected chi connectivity index (χ3v) is 4.37. The van der Waals surface area contributed by atoms with Crippen molar-refractivity contribution in [2.45, 2.75) is 57.7 Å². The predicted molar refractivity (Wildman–Crippen MR) is 103 cm³/mol. The van der Waals surface area contributed by atoms with Gasteiger partial charge < -0.3 is 16.0 Å². The number of para-hydroxylation sites is 2. The fourth-order valence-corrected chi connectivity index (χ4v) is 3.72. The van der Waals surface area contributed by atoms with Crippen LogP contribution in [0.1, 0.15) is 40.5 Å². The molecule has 3 N–H and O–H groups in total. The Bertz CT molecular complexity index is 792. The number of nitro groups is 1. The molecule has 0 bridgehead atoms. The average Bonchev–Trinajstić information content (AvgIpc) is 2.52. The number of nitriles is 1. The first-order valence-electron chi connectivity index (χ1n) is 8.73. The molecule has 0 radical (unpaired) electrons. The lowest BCUT2D eigenvalue weighted by molar-refractivity contribution is -0.383. The normalized spacial score (nSPS) is 19.0. The molecule has 0 aromatic heterocycles. The second-order valence-electron chi connectivity index (χ2n) is 8.06. The minimum Gasteiger partial charge on any atom is -0.387 e. The number of anilines is 1. The molecule has 1 saturated heterocycles. The third-order valence-electron chi connectivity index (χ3n) is 4.37. The van der Waals surface area contributed by atoms with Crippen molar-refractivity contribution in [1.82, 2.24) is 10.6 Å². The number of piperidine rings is 1. The predicted octanol–water partition coefficient (Wildman–Crippen LogP) is 2.84. The highest BCUT2D eigenvalue weighted by atomic mass is 16.6. The smallest absolute Gasteiger partial charge is 0.292 e. The summed E-state index contributed by atoms with van der Waals surface area (Å²) in [6.45, 7) is 8.44. The molecule has 1 aliphatic rings. The molecule has 0 spiro atoms. The SMILES string of the molecule is CC1(C)CC(N/C=C(/C#N)C(=O)Nc2ccccc2[N+](=O)[O-])CC(C)(C)N1. The molecule has 1 aromatic carbocycles. The highest BCUT2D eigenvalue weighted by Gasteiger charge is 2.37. The molecule has 1 aliphatic heterocycles. The molecule has 1 heterocycles. The van der Waals surface area contributed by atoms with Crippen molar-refractivity contribution >= 4 is 17.3 Å². The zero-order chi connectivity index (χ0) is 20.2. The van der Waals surface area contributed by atoms with Gasteiger partial charge >= 0.3 is 0 Å². The summed E-state index contributed by atoms with van der Waals surface area (Å²) in [5.41, 5.74) is -0.460. The lowest BCUT2D eigenvalue weighted by Gasteiger charge is -2.46. The first-order valence-corrected chi connectivity index (χ1v) is 8.73. The largest absolute Gasteiger partial charge is 0.387 e. The molecule has 1 aromatic rings. The Morgan fingerprint density at radius 3 is 2.44 bits per heavy atom. The van der Waals surface area contributed by atoms with E-state index >= 15 is 0 Å². The summed E-state index contributed by atoms with van der Waals surface area (Å²) in [7, 11) is 0. The highest BCUT2D eigenvalue weighted by molar-refractivity contribution is 6.07. The maximum absolute atomic E-state index is 12.4. The van der Waals surface area contributed by atoms with Crippen molar-refractivity contribution < 1.29 is 9.72 Å². The van der Waals surface area contributed by atoms with Crippen LogP contribution in [0.3, 0.4) is 0 Å². The van der Waals surface area contributed by atoms with Crippen LogP contribution in [0.4, 0.5) is 11.4 Å². The van der Waals surface area contributed by atoms with Crippen molar-refractivity contribution in [3.8, 4) is 6.07 Å². The van der Waals surface area contributed by atoms with E-state index in [0.717, 1.165) is 12.8 Å². The van der Waals surface area contributed by atoms with Crippen molar-refractivity contribution in [2.24, 2.45) is 0 Å². The van der Waals surface area contributed by atoms with Gasteiger partial charge in [0.25, 0.3) is 11.6 Å². The monoisotopic (exact) mass is 371 g/mol. The fourth-order valence-electron chi connectivity index (χ4n) is 3.72. The molecular formula is C19H25N5O3. The quantitative estimate of drug-likeness (QED) is 0.317. The van der Waals surface area contributed by atoms with Gasteiger partial charge in [-0.2, -0.15) is 5.26 Å². The van der Waals surface area contributed by atoms with Crippen LogP contribution in [0.25, 0.3) is 0 Å². The van der Waals surface area contributed by atoms with Crippen LogP contribution in [-0.4, -0.2) is 28.0 Å².